The van der Waals surface area contributed by atoms with E-state index in [1.165, 1.54) is 6.08 Å². The van der Waals surface area contributed by atoms with Crippen LogP contribution < -0.4 is 10.1 Å². The fourth-order valence-corrected chi connectivity index (χ4v) is 2.87. The highest BCUT2D eigenvalue weighted by Crippen LogP contribution is 2.24. The van der Waals surface area contributed by atoms with Crippen molar-refractivity contribution in [1.82, 2.24) is 0 Å². The SMILES string of the molecule is COc1ccccc1C=CC(=O)Nc1ccc(Cl)cc1C(=O)c1ccccc1. The first-order chi connectivity index (χ1) is 13.6. The van der Waals surface area contributed by atoms with Crippen molar-refractivity contribution in [3.8, 4) is 5.75 Å². The molecule has 0 aliphatic heterocycles. The smallest absolute Gasteiger partial charge is 0.248 e. The molecule has 140 valence electrons. The van der Waals surface area contributed by atoms with Gasteiger partial charge >= 0.3 is 0 Å². The highest BCUT2D eigenvalue weighted by Gasteiger charge is 2.15. The van der Waals surface area contributed by atoms with Gasteiger partial charge in [-0.2, -0.15) is 0 Å². The fraction of sp³-hybridized carbons (Fsp3) is 0.0435. The molecule has 0 spiro atoms. The van der Waals surface area contributed by atoms with Gasteiger partial charge in [0.05, 0.1) is 12.8 Å². The summed E-state index contributed by atoms with van der Waals surface area (Å²) >= 11 is 6.07. The van der Waals surface area contributed by atoms with E-state index in [1.807, 2.05) is 30.3 Å². The Bertz CT molecular complexity index is 1030. The van der Waals surface area contributed by atoms with Gasteiger partial charge in [0, 0.05) is 27.8 Å². The van der Waals surface area contributed by atoms with E-state index < -0.39 is 0 Å². The molecule has 0 radical (unpaired) electrons. The van der Waals surface area contributed by atoms with Gasteiger partial charge in [-0.05, 0) is 30.3 Å². The molecule has 0 aliphatic carbocycles. The molecule has 3 aromatic rings. The lowest BCUT2D eigenvalue weighted by Crippen LogP contribution is -2.12. The lowest BCUT2D eigenvalue weighted by molar-refractivity contribution is -0.111. The van der Waals surface area contributed by atoms with E-state index in [1.54, 1.807) is 55.7 Å². The Morgan fingerprint density at radius 3 is 2.43 bits per heavy atom. The molecule has 0 aromatic heterocycles. The van der Waals surface area contributed by atoms with Crippen LogP contribution in [0.4, 0.5) is 5.69 Å². The molecule has 0 fully saturated rings. The van der Waals surface area contributed by atoms with Gasteiger partial charge in [-0.1, -0.05) is 60.1 Å². The number of hydrogen-bond acceptors (Lipinski definition) is 3. The van der Waals surface area contributed by atoms with E-state index in [4.69, 9.17) is 16.3 Å². The number of hydrogen-bond donors (Lipinski definition) is 1. The molecule has 0 heterocycles. The van der Waals surface area contributed by atoms with E-state index in [9.17, 15) is 9.59 Å². The van der Waals surface area contributed by atoms with Gasteiger partial charge in [0.2, 0.25) is 5.91 Å². The summed E-state index contributed by atoms with van der Waals surface area (Å²) in [4.78, 5) is 25.2. The molecular formula is C23H18ClNO3. The number of benzene rings is 3. The molecule has 0 unspecified atom stereocenters. The summed E-state index contributed by atoms with van der Waals surface area (Å²) in [7, 11) is 1.57. The molecule has 5 heteroatoms. The molecule has 28 heavy (non-hydrogen) atoms. The Balaban J connectivity index is 1.83. The third kappa shape index (κ3) is 4.67. The number of ketones is 1. The van der Waals surface area contributed by atoms with Crippen LogP contribution in [0.3, 0.4) is 0 Å². The average molecular weight is 392 g/mol. The van der Waals surface area contributed by atoms with Crippen molar-refractivity contribution in [2.24, 2.45) is 0 Å². The van der Waals surface area contributed by atoms with Crippen molar-refractivity contribution >= 4 is 35.1 Å². The molecule has 0 atom stereocenters. The summed E-state index contributed by atoms with van der Waals surface area (Å²) in [6, 6.07) is 21.0. The number of carbonyl (C=O) groups excluding carboxylic acids is 2. The van der Waals surface area contributed by atoms with Crippen molar-refractivity contribution in [3.05, 3.63) is 101 Å². The van der Waals surface area contributed by atoms with Gasteiger partial charge in [0.15, 0.2) is 5.78 Å². The van der Waals surface area contributed by atoms with Crippen LogP contribution in [-0.2, 0) is 4.79 Å². The Hall–Kier alpha value is -3.37. The van der Waals surface area contributed by atoms with Gasteiger partial charge in [0.25, 0.3) is 0 Å². The summed E-state index contributed by atoms with van der Waals surface area (Å²) < 4.78 is 5.27. The number of methoxy groups -OCH3 is 1. The Morgan fingerprint density at radius 2 is 1.68 bits per heavy atom. The molecule has 1 amide bonds. The second-order valence-electron chi connectivity index (χ2n) is 5.95. The molecule has 1 N–H and O–H groups in total. The van der Waals surface area contributed by atoms with Crippen molar-refractivity contribution in [3.63, 3.8) is 0 Å². The van der Waals surface area contributed by atoms with E-state index in [-0.39, 0.29) is 11.7 Å². The quantitative estimate of drug-likeness (QED) is 0.462. The second-order valence-corrected chi connectivity index (χ2v) is 6.39. The third-order valence-electron chi connectivity index (χ3n) is 4.07. The Kier molecular flexibility index (Phi) is 6.25. The normalized spacial score (nSPS) is 10.6. The van der Waals surface area contributed by atoms with E-state index in [2.05, 4.69) is 5.32 Å². The lowest BCUT2D eigenvalue weighted by Gasteiger charge is -2.10. The summed E-state index contributed by atoms with van der Waals surface area (Å²) in [5.41, 5.74) is 2.02. The largest absolute Gasteiger partial charge is 0.496 e. The molecule has 4 nitrogen and oxygen atoms in total. The maximum atomic E-state index is 12.8. The summed E-state index contributed by atoms with van der Waals surface area (Å²) in [5.74, 6) is 0.0837. The number of nitrogens with one attached hydrogen (secondary N) is 1. The highest BCUT2D eigenvalue weighted by atomic mass is 35.5. The number of para-hydroxylation sites is 1. The maximum Gasteiger partial charge on any atom is 0.248 e. The first kappa shape index (κ1) is 19.4. The predicted octanol–water partition coefficient (Wildman–Crippen LogP) is 5.23. The van der Waals surface area contributed by atoms with E-state index in [0.29, 0.717) is 27.6 Å². The van der Waals surface area contributed by atoms with Crippen molar-refractivity contribution in [2.75, 3.05) is 12.4 Å². The number of amides is 1. The molecular weight excluding hydrogens is 374 g/mol. The van der Waals surface area contributed by atoms with Crippen LogP contribution in [0.1, 0.15) is 21.5 Å². The number of carbonyl (C=O) groups is 2. The Morgan fingerprint density at radius 1 is 0.964 bits per heavy atom. The van der Waals surface area contributed by atoms with E-state index >= 15 is 0 Å². The fourth-order valence-electron chi connectivity index (χ4n) is 2.70. The highest BCUT2D eigenvalue weighted by molar-refractivity contribution is 6.31. The molecule has 3 rings (SSSR count). The zero-order valence-electron chi connectivity index (χ0n) is 15.2. The van der Waals surface area contributed by atoms with Gasteiger partial charge in [-0.3, -0.25) is 9.59 Å². The zero-order valence-corrected chi connectivity index (χ0v) is 15.9. The average Bonchev–Trinajstić information content (AvgIpc) is 2.73. The summed E-state index contributed by atoms with van der Waals surface area (Å²) in [6.07, 6.45) is 3.05. The molecule has 0 saturated carbocycles. The first-order valence-electron chi connectivity index (χ1n) is 8.60. The third-order valence-corrected chi connectivity index (χ3v) is 4.31. The second kappa shape index (κ2) is 9.02. The number of anilines is 1. The van der Waals surface area contributed by atoms with Crippen LogP contribution in [0.25, 0.3) is 6.08 Å². The summed E-state index contributed by atoms with van der Waals surface area (Å²) in [6.45, 7) is 0. The monoisotopic (exact) mass is 391 g/mol. The number of halogens is 1. The van der Waals surface area contributed by atoms with Gasteiger partial charge in [0.1, 0.15) is 5.75 Å². The minimum Gasteiger partial charge on any atom is -0.496 e. The van der Waals surface area contributed by atoms with Gasteiger partial charge < -0.3 is 10.1 Å². The van der Waals surface area contributed by atoms with Crippen LogP contribution in [0.15, 0.2) is 78.9 Å². The number of ether oxygens (including phenoxy) is 1. The van der Waals surface area contributed by atoms with Crippen LogP contribution in [0.2, 0.25) is 5.02 Å². The maximum absolute atomic E-state index is 12.8. The van der Waals surface area contributed by atoms with Crippen LogP contribution in [0.5, 0.6) is 5.75 Å². The van der Waals surface area contributed by atoms with Crippen molar-refractivity contribution < 1.29 is 14.3 Å². The standard InChI is InChI=1S/C23H18ClNO3/c1-28-21-10-6-5-7-16(21)11-14-22(26)25-20-13-12-18(24)15-19(20)23(27)17-8-3-2-4-9-17/h2-15H,1H3,(H,25,26). The molecule has 0 saturated heterocycles. The lowest BCUT2D eigenvalue weighted by atomic mass is 10.0. The van der Waals surface area contributed by atoms with E-state index in [0.717, 1.165) is 5.56 Å². The minimum absolute atomic E-state index is 0.216. The van der Waals surface area contributed by atoms with Crippen LogP contribution in [-0.4, -0.2) is 18.8 Å². The number of rotatable bonds is 6. The Labute approximate surface area is 168 Å². The van der Waals surface area contributed by atoms with Gasteiger partial charge in [-0.25, -0.2) is 0 Å². The van der Waals surface area contributed by atoms with Crippen molar-refractivity contribution in [2.45, 2.75) is 0 Å². The topological polar surface area (TPSA) is 55.4 Å². The summed E-state index contributed by atoms with van der Waals surface area (Å²) in [5, 5.41) is 3.17. The molecule has 3 aromatic carbocycles. The van der Waals surface area contributed by atoms with Crippen LogP contribution in [0, 0.1) is 0 Å². The predicted molar refractivity (Wildman–Crippen MR) is 112 cm³/mol. The van der Waals surface area contributed by atoms with Crippen molar-refractivity contribution in [1.29, 1.82) is 0 Å². The minimum atomic E-state index is -0.365. The van der Waals surface area contributed by atoms with Gasteiger partial charge in [-0.15, -0.1) is 0 Å². The molecule has 0 bridgehead atoms. The van der Waals surface area contributed by atoms with Crippen LogP contribution >= 0.6 is 11.6 Å². The molecule has 0 aliphatic rings. The first-order valence-corrected chi connectivity index (χ1v) is 8.97. The zero-order chi connectivity index (χ0) is 19.9.